The van der Waals surface area contributed by atoms with Crippen LogP contribution in [-0.2, 0) is 92.8 Å². The molecule has 2 saturated heterocycles. The lowest BCUT2D eigenvalue weighted by Crippen LogP contribution is -2.61. The van der Waals surface area contributed by atoms with E-state index in [1.165, 1.54) is 24.2 Å². The molecule has 0 saturated carbocycles. The Kier molecular flexibility index (Phi) is 33.3. The fourth-order valence-electron chi connectivity index (χ4n) is 12.7. The standard InChI is InChI=1S/C75H99ClN20O14/c1-42(2)33-54-68(104)89-53(74(110)96-32-12-20-61(96)73(109)94-60(40-77)64(78)100)19-11-30-83-65(101)55(35-44-13-5-4-6-14-44)86-62(98)28-27-52(67(103)87-51(66(102)90-54)18-10-31-84-75(79)80)88-72(108)59(39-63(99)95-81)93-71(107)58(38-47-15-9-29-82-41-47)92-70(106)57(36-45-22-25-50(76)26-23-45)91-69(105)56(85-43(3)97)37-46-21-24-48-16-7-8-17-49(48)34-46/h4-9,13-17,21-26,29,34,41-42,51-61H,10-12,18-20,27-28,30-33,35-40,77,81H2,1-3H3,(H2,78,100)(H,83,101)(H,85,97)(H,86,98)(H,87,103)(H,88,108)(H,89,104)(H,90,102)(H,91,105)(H,92,106)(H,93,107)(H,94,109)(H,95,99)(H4,79,80,84)/t51-,52+,53+,54+,55+,56-,57-,58-,59+,60?,61+/m1/s1. The molecule has 0 bridgehead atoms. The molecule has 22 N–H and O–H groups in total. The number of guanidine groups is 1. The molecule has 110 heavy (non-hydrogen) atoms. The summed E-state index contributed by atoms with van der Waals surface area (Å²) in [6, 6.07) is 14.9. The Labute approximate surface area is 640 Å². The highest BCUT2D eigenvalue weighted by Crippen LogP contribution is 2.22. The Hall–Kier alpha value is -11.6. The number of carbonyl (C=O) groups is 14. The number of amides is 14. The van der Waals surface area contributed by atoms with E-state index in [0.29, 0.717) is 33.7 Å². The monoisotopic (exact) mass is 1540 g/mol. The van der Waals surface area contributed by atoms with Crippen LogP contribution in [0.15, 0.2) is 122 Å². The second kappa shape index (κ2) is 42.8. The van der Waals surface area contributed by atoms with Gasteiger partial charge < -0.3 is 85.9 Å². The van der Waals surface area contributed by atoms with Crippen LogP contribution in [-0.4, -0.2) is 191 Å². The molecule has 14 amide bonds. The molecule has 590 valence electrons. The van der Waals surface area contributed by atoms with Crippen LogP contribution in [0.1, 0.15) is 107 Å². The number of nitrogens with zero attached hydrogens (tertiary/aromatic N) is 2. The highest BCUT2D eigenvalue weighted by atomic mass is 35.5. The third kappa shape index (κ3) is 27.2. The Bertz CT molecular complexity index is 4090. The van der Waals surface area contributed by atoms with Crippen LogP contribution in [0.25, 0.3) is 10.8 Å². The van der Waals surface area contributed by atoms with E-state index >= 15 is 19.2 Å². The zero-order valence-electron chi connectivity index (χ0n) is 61.5. The van der Waals surface area contributed by atoms with E-state index in [4.69, 9.17) is 40.1 Å². The molecule has 2 fully saturated rings. The quantitative estimate of drug-likeness (QED) is 0.00581. The summed E-state index contributed by atoms with van der Waals surface area (Å²) in [4.78, 5) is 205. The van der Waals surface area contributed by atoms with Gasteiger partial charge in [0.25, 0.3) is 0 Å². The first-order valence-corrected chi connectivity index (χ1v) is 36.7. The average molecular weight is 1540 g/mol. The van der Waals surface area contributed by atoms with Gasteiger partial charge in [0.15, 0.2) is 5.96 Å². The third-order valence-corrected chi connectivity index (χ3v) is 18.7. The zero-order valence-corrected chi connectivity index (χ0v) is 62.3. The summed E-state index contributed by atoms with van der Waals surface area (Å²) in [5.41, 5.74) is 20.9. The second-order valence-corrected chi connectivity index (χ2v) is 28.0. The predicted molar refractivity (Wildman–Crippen MR) is 406 cm³/mol. The Morgan fingerprint density at radius 2 is 1.25 bits per heavy atom. The minimum atomic E-state index is -1.97. The van der Waals surface area contributed by atoms with Gasteiger partial charge in [-0.1, -0.05) is 116 Å². The van der Waals surface area contributed by atoms with Crippen LogP contribution in [0, 0.1) is 11.3 Å². The molecule has 1 aromatic heterocycles. The fraction of sp³-hybridized carbons (Fsp3) is 0.440. The van der Waals surface area contributed by atoms with Crippen molar-refractivity contribution in [2.45, 2.75) is 177 Å². The number of hydrogen-bond acceptors (Lipinski definition) is 18. The highest BCUT2D eigenvalue weighted by Gasteiger charge is 2.41. The lowest BCUT2D eigenvalue weighted by molar-refractivity contribution is -0.142. The molecule has 5 aromatic rings. The maximum absolute atomic E-state index is 15.2. The van der Waals surface area contributed by atoms with Crippen LogP contribution < -0.4 is 92.3 Å². The van der Waals surface area contributed by atoms with Gasteiger partial charge in [-0.05, 0) is 109 Å². The lowest BCUT2D eigenvalue weighted by atomic mass is 9.99. The van der Waals surface area contributed by atoms with Crippen molar-refractivity contribution in [2.24, 2.45) is 29.0 Å². The number of nitrogens with one attached hydrogen (secondary N) is 14. The molecule has 7 rings (SSSR count). The van der Waals surface area contributed by atoms with E-state index < -0.39 is 174 Å². The summed E-state index contributed by atoms with van der Waals surface area (Å²) in [6.45, 7) is 4.32. The molecule has 2 aliphatic heterocycles. The number of hydrazine groups is 1. The molecule has 3 heterocycles. The SMILES string of the molecule is CC(=O)N[C@H](Cc1ccc2ccccc2c1)C(=O)N[C@H](Cc1ccc(Cl)cc1)C(=O)N[C@H](Cc1cccnc1)C(=O)N[C@@H](CC(=O)NN)C(=O)N[C@H]1CCC(=O)N[C@@H](Cc2ccccc2)C(=O)NCCC[C@@H](C(=O)N2CCC[C@H]2C(=O)NC(CN)C(N)=O)NC(=O)[C@H](CC(C)C)NC(=O)[C@@H](CCCNC(=N)N)NC1=O. The first-order valence-electron chi connectivity index (χ1n) is 36.4. The van der Waals surface area contributed by atoms with E-state index in [0.717, 1.165) is 10.8 Å². The first-order chi connectivity index (χ1) is 52.6. The molecule has 35 heteroatoms. The Morgan fingerprint density at radius 3 is 1.88 bits per heavy atom. The number of carbonyl (C=O) groups excluding carboxylic acids is 14. The Morgan fingerprint density at radius 1 is 0.627 bits per heavy atom. The van der Waals surface area contributed by atoms with E-state index in [1.54, 1.807) is 86.6 Å². The fourth-order valence-corrected chi connectivity index (χ4v) is 12.9. The maximum Gasteiger partial charge on any atom is 0.245 e. The number of rotatable bonds is 30. The van der Waals surface area contributed by atoms with Gasteiger partial charge in [-0.3, -0.25) is 82.9 Å². The van der Waals surface area contributed by atoms with Crippen LogP contribution in [0.4, 0.5) is 0 Å². The largest absolute Gasteiger partial charge is 0.370 e. The van der Waals surface area contributed by atoms with E-state index in [-0.39, 0.29) is 96.3 Å². The molecule has 4 aromatic carbocycles. The van der Waals surface area contributed by atoms with Gasteiger partial charge in [0.1, 0.15) is 66.5 Å². The van der Waals surface area contributed by atoms with Gasteiger partial charge in [0, 0.05) is 82.6 Å². The highest BCUT2D eigenvalue weighted by molar-refractivity contribution is 6.30. The summed E-state index contributed by atoms with van der Waals surface area (Å²) in [5.74, 6) is -7.58. The number of pyridine rings is 1. The molecule has 11 atom stereocenters. The average Bonchev–Trinajstić information content (AvgIpc) is 0.999. The number of benzene rings is 4. The van der Waals surface area contributed by atoms with Crippen molar-refractivity contribution in [3.8, 4) is 0 Å². The van der Waals surface area contributed by atoms with Crippen molar-refractivity contribution in [1.29, 1.82) is 5.41 Å². The van der Waals surface area contributed by atoms with Crippen molar-refractivity contribution in [3.63, 3.8) is 0 Å². The first kappa shape index (κ1) is 85.6. The zero-order chi connectivity index (χ0) is 80.0. The summed E-state index contributed by atoms with van der Waals surface area (Å²) >= 11 is 6.26. The van der Waals surface area contributed by atoms with Gasteiger partial charge >= 0.3 is 0 Å². The smallest absolute Gasteiger partial charge is 0.245 e. The van der Waals surface area contributed by atoms with Crippen LogP contribution in [0.2, 0.25) is 5.02 Å². The predicted octanol–water partition coefficient (Wildman–Crippen LogP) is -2.16. The molecule has 2 aliphatic rings. The van der Waals surface area contributed by atoms with Gasteiger partial charge in [-0.2, -0.15) is 0 Å². The minimum absolute atomic E-state index is 0.00510. The van der Waals surface area contributed by atoms with Gasteiger partial charge in [-0.15, -0.1) is 0 Å². The van der Waals surface area contributed by atoms with E-state index in [9.17, 15) is 47.9 Å². The van der Waals surface area contributed by atoms with Gasteiger partial charge in [0.2, 0.25) is 82.7 Å². The van der Waals surface area contributed by atoms with Gasteiger partial charge in [-0.25, -0.2) is 5.84 Å². The number of halogens is 1. The maximum atomic E-state index is 15.2. The topological polar surface area (TPSA) is 539 Å². The van der Waals surface area contributed by atoms with Crippen LogP contribution in [0.5, 0.6) is 0 Å². The summed E-state index contributed by atoms with van der Waals surface area (Å²) in [7, 11) is 0. The lowest BCUT2D eigenvalue weighted by Gasteiger charge is -2.31. The van der Waals surface area contributed by atoms with Crippen molar-refractivity contribution in [2.75, 3.05) is 26.2 Å². The minimum Gasteiger partial charge on any atom is -0.370 e. The molecule has 0 spiro atoms. The third-order valence-electron chi connectivity index (χ3n) is 18.4. The molecular weight excluding hydrogens is 1440 g/mol. The molecule has 34 nitrogen and oxygen atoms in total. The number of primary amides is 1. The van der Waals surface area contributed by atoms with Crippen LogP contribution in [0.3, 0.4) is 0 Å². The number of likely N-dealkylation sites (tertiary alicyclic amines) is 1. The van der Waals surface area contributed by atoms with E-state index in [1.807, 2.05) is 41.8 Å². The summed E-state index contributed by atoms with van der Waals surface area (Å²) < 4.78 is 0. The van der Waals surface area contributed by atoms with Crippen molar-refractivity contribution < 1.29 is 67.1 Å². The number of aromatic nitrogens is 1. The van der Waals surface area contributed by atoms with Crippen molar-refractivity contribution in [1.82, 2.24) is 79.1 Å². The van der Waals surface area contributed by atoms with Crippen LogP contribution >= 0.6 is 11.6 Å². The number of nitrogens with two attached hydrogens (primary N) is 4. The molecule has 0 aliphatic carbocycles. The second-order valence-electron chi connectivity index (χ2n) is 27.5. The van der Waals surface area contributed by atoms with Crippen molar-refractivity contribution >= 4 is 111 Å². The molecule has 0 radical (unpaired) electrons. The molecular formula is C75H99ClN20O14. The molecule has 1 unspecified atom stereocenters. The van der Waals surface area contributed by atoms with E-state index in [2.05, 4.69) is 68.8 Å². The number of hydrogen-bond donors (Lipinski definition) is 18. The Balaban J connectivity index is 1.22. The number of fused-ring (bicyclic) bond motifs is 1. The summed E-state index contributed by atoms with van der Waals surface area (Å²) in [6.07, 6.45) is 0.253. The summed E-state index contributed by atoms with van der Waals surface area (Å²) in [5, 5.41) is 41.8. The normalized spacial score (nSPS) is 19.5. The van der Waals surface area contributed by atoms with Crippen molar-refractivity contribution in [3.05, 3.63) is 149 Å². The van der Waals surface area contributed by atoms with Gasteiger partial charge in [0.05, 0.1) is 6.42 Å².